The molecule has 0 spiro atoms. The summed E-state index contributed by atoms with van der Waals surface area (Å²) in [6.07, 6.45) is 1.07. The van der Waals surface area contributed by atoms with Gasteiger partial charge < -0.3 is 0 Å². The summed E-state index contributed by atoms with van der Waals surface area (Å²) in [4.78, 5) is 0. The number of rotatable bonds is 3. The molecule has 0 unspecified atom stereocenters. The fourth-order valence-electron chi connectivity index (χ4n) is 1.59. The molecule has 82 valence electrons. The fraction of sp³-hybridized carbons (Fsp3) is 0.385. The van der Waals surface area contributed by atoms with Gasteiger partial charge in [0.15, 0.2) is 0 Å². The Labute approximate surface area is 101 Å². The highest BCUT2D eigenvalue weighted by atomic mass is 35.5. The van der Waals surface area contributed by atoms with Crippen molar-refractivity contribution < 1.29 is 0 Å². The van der Waals surface area contributed by atoms with Crippen LogP contribution in [0.5, 0.6) is 0 Å². The zero-order valence-corrected chi connectivity index (χ0v) is 10.2. The summed E-state index contributed by atoms with van der Waals surface area (Å²) in [5.41, 5.74) is 2.32. The first kappa shape index (κ1) is 12.6. The van der Waals surface area contributed by atoms with Crippen LogP contribution in [0.1, 0.15) is 30.5 Å². The molecular weight excluding hydrogens is 220 g/mol. The maximum absolute atomic E-state index is 9.04. The lowest BCUT2D eigenvalue weighted by molar-refractivity contribution is 0.646. The smallest absolute Gasteiger partial charge is 0.0994 e. The molecule has 1 aromatic rings. The molecule has 0 aliphatic rings. The van der Waals surface area contributed by atoms with Crippen LogP contribution in [0.4, 0.5) is 0 Å². The first-order chi connectivity index (χ1) is 7.58. The number of hydrogen-bond acceptors (Lipinski definition) is 2. The van der Waals surface area contributed by atoms with Gasteiger partial charge in [-0.3, -0.25) is 0 Å². The van der Waals surface area contributed by atoms with E-state index in [1.165, 1.54) is 0 Å². The van der Waals surface area contributed by atoms with Crippen LogP contribution in [0.2, 0.25) is 5.02 Å². The lowest BCUT2D eigenvalue weighted by atomic mass is 9.96. The molecular formula is C13H13ClN2. The number of benzene rings is 1. The van der Waals surface area contributed by atoms with E-state index >= 15 is 0 Å². The van der Waals surface area contributed by atoms with Crippen LogP contribution in [0.25, 0.3) is 0 Å². The Balaban J connectivity index is 3.18. The molecule has 0 bridgehead atoms. The molecule has 0 N–H and O–H groups in total. The van der Waals surface area contributed by atoms with E-state index < -0.39 is 0 Å². The summed E-state index contributed by atoms with van der Waals surface area (Å²) < 4.78 is 0. The van der Waals surface area contributed by atoms with Crippen molar-refractivity contribution in [1.82, 2.24) is 0 Å². The first-order valence-corrected chi connectivity index (χ1v) is 5.54. The Kier molecular flexibility index (Phi) is 4.35. The zero-order valence-electron chi connectivity index (χ0n) is 9.42. The van der Waals surface area contributed by atoms with Crippen molar-refractivity contribution in [2.45, 2.75) is 26.7 Å². The third kappa shape index (κ3) is 2.99. The Morgan fingerprint density at radius 3 is 2.44 bits per heavy atom. The first-order valence-electron chi connectivity index (χ1n) is 5.16. The van der Waals surface area contributed by atoms with Crippen molar-refractivity contribution in [3.63, 3.8) is 0 Å². The summed E-state index contributed by atoms with van der Waals surface area (Å²) >= 11 is 6.06. The highest BCUT2D eigenvalue weighted by Crippen LogP contribution is 2.23. The van der Waals surface area contributed by atoms with Gasteiger partial charge >= 0.3 is 0 Å². The van der Waals surface area contributed by atoms with Crippen molar-refractivity contribution >= 4 is 11.6 Å². The van der Waals surface area contributed by atoms with E-state index in [4.69, 9.17) is 22.1 Å². The Hall–Kier alpha value is -1.51. The van der Waals surface area contributed by atoms with Crippen LogP contribution >= 0.6 is 11.6 Å². The molecule has 0 aromatic heterocycles. The van der Waals surface area contributed by atoms with Crippen molar-refractivity contribution in [3.8, 4) is 12.1 Å². The number of halogens is 1. The normalized spacial score (nSPS) is 9.88. The van der Waals surface area contributed by atoms with Gasteiger partial charge in [0.2, 0.25) is 0 Å². The summed E-state index contributed by atoms with van der Waals surface area (Å²) in [6.45, 7) is 4.19. The Morgan fingerprint density at radius 2 is 1.94 bits per heavy atom. The molecule has 3 heteroatoms. The Morgan fingerprint density at radius 1 is 1.25 bits per heavy atom. The largest absolute Gasteiger partial charge is 0.198 e. The third-order valence-corrected chi connectivity index (χ3v) is 2.64. The van der Waals surface area contributed by atoms with E-state index in [-0.39, 0.29) is 6.42 Å². The fourth-order valence-corrected chi connectivity index (χ4v) is 1.85. The average molecular weight is 233 g/mol. The van der Waals surface area contributed by atoms with Gasteiger partial charge in [-0.2, -0.15) is 10.5 Å². The van der Waals surface area contributed by atoms with Gasteiger partial charge in [-0.15, -0.1) is 0 Å². The van der Waals surface area contributed by atoms with Crippen LogP contribution in [0.3, 0.4) is 0 Å². The number of nitrogens with zero attached hydrogens (tertiary/aromatic N) is 2. The minimum atomic E-state index is 0.246. The van der Waals surface area contributed by atoms with Gasteiger partial charge in [0, 0.05) is 5.02 Å². The quantitative estimate of drug-likeness (QED) is 0.801. The van der Waals surface area contributed by atoms with Crippen LogP contribution in [0.15, 0.2) is 12.1 Å². The zero-order chi connectivity index (χ0) is 12.1. The standard InChI is InChI=1S/C13H13ClN2/c1-9(2)5-11-7-13(14)10(3-4-15)6-12(11)8-16/h6-7,9H,3,5H2,1-2H3. The summed E-state index contributed by atoms with van der Waals surface area (Å²) in [6, 6.07) is 7.74. The lowest BCUT2D eigenvalue weighted by Gasteiger charge is -2.09. The predicted molar refractivity (Wildman–Crippen MR) is 64.0 cm³/mol. The van der Waals surface area contributed by atoms with Crippen molar-refractivity contribution in [3.05, 3.63) is 33.8 Å². The molecule has 16 heavy (non-hydrogen) atoms. The van der Waals surface area contributed by atoms with E-state index in [1.54, 1.807) is 6.07 Å². The highest BCUT2D eigenvalue weighted by molar-refractivity contribution is 6.31. The minimum Gasteiger partial charge on any atom is -0.198 e. The van der Waals surface area contributed by atoms with Crippen molar-refractivity contribution in [1.29, 1.82) is 10.5 Å². The lowest BCUT2D eigenvalue weighted by Crippen LogP contribution is -1.99. The topological polar surface area (TPSA) is 47.6 Å². The second kappa shape index (κ2) is 5.54. The van der Waals surface area contributed by atoms with Crippen molar-refractivity contribution in [2.75, 3.05) is 0 Å². The maximum Gasteiger partial charge on any atom is 0.0994 e. The van der Waals surface area contributed by atoms with Crippen LogP contribution in [-0.2, 0) is 12.8 Å². The average Bonchev–Trinajstić information content (AvgIpc) is 2.21. The van der Waals surface area contributed by atoms with Crippen LogP contribution in [0, 0.1) is 28.6 Å². The van der Waals surface area contributed by atoms with Gasteiger partial charge in [0.05, 0.1) is 24.1 Å². The van der Waals surface area contributed by atoms with Crippen LogP contribution in [-0.4, -0.2) is 0 Å². The predicted octanol–water partition coefficient (Wildman–Crippen LogP) is 3.48. The molecule has 0 saturated carbocycles. The van der Waals surface area contributed by atoms with E-state index in [9.17, 15) is 0 Å². The van der Waals surface area contributed by atoms with E-state index in [2.05, 4.69) is 19.9 Å². The number of hydrogen-bond donors (Lipinski definition) is 0. The molecule has 0 aliphatic carbocycles. The van der Waals surface area contributed by atoms with Gasteiger partial charge in [-0.05, 0) is 35.6 Å². The summed E-state index contributed by atoms with van der Waals surface area (Å²) in [5.74, 6) is 0.477. The Bertz CT molecular complexity index is 464. The molecule has 0 saturated heterocycles. The minimum absolute atomic E-state index is 0.246. The van der Waals surface area contributed by atoms with Gasteiger partial charge in [-0.25, -0.2) is 0 Å². The van der Waals surface area contributed by atoms with E-state index in [1.807, 2.05) is 12.1 Å². The second-order valence-corrected chi connectivity index (χ2v) is 4.55. The molecule has 0 aliphatic heterocycles. The van der Waals surface area contributed by atoms with E-state index in [0.717, 1.165) is 17.5 Å². The molecule has 0 atom stereocenters. The molecule has 0 fully saturated rings. The molecule has 2 nitrogen and oxygen atoms in total. The summed E-state index contributed by atoms with van der Waals surface area (Å²) in [7, 11) is 0. The van der Waals surface area contributed by atoms with E-state index in [0.29, 0.717) is 16.5 Å². The third-order valence-electron chi connectivity index (χ3n) is 2.29. The van der Waals surface area contributed by atoms with Crippen LogP contribution < -0.4 is 0 Å². The molecule has 1 aromatic carbocycles. The van der Waals surface area contributed by atoms with Gasteiger partial charge in [-0.1, -0.05) is 25.4 Å². The van der Waals surface area contributed by atoms with Gasteiger partial charge in [0.1, 0.15) is 0 Å². The highest BCUT2D eigenvalue weighted by Gasteiger charge is 2.09. The number of nitriles is 2. The molecule has 0 heterocycles. The summed E-state index contributed by atoms with van der Waals surface area (Å²) in [5, 5.41) is 18.2. The molecule has 1 rings (SSSR count). The second-order valence-electron chi connectivity index (χ2n) is 4.15. The maximum atomic E-state index is 9.04. The monoisotopic (exact) mass is 232 g/mol. The van der Waals surface area contributed by atoms with Gasteiger partial charge in [0.25, 0.3) is 0 Å². The van der Waals surface area contributed by atoms with Crippen molar-refractivity contribution in [2.24, 2.45) is 5.92 Å². The molecule has 0 radical (unpaired) electrons. The molecule has 0 amide bonds. The SMILES string of the molecule is CC(C)Cc1cc(Cl)c(CC#N)cc1C#N.